The highest BCUT2D eigenvalue weighted by atomic mass is 35.5. The van der Waals surface area contributed by atoms with Gasteiger partial charge in [0, 0.05) is 13.2 Å². The predicted octanol–water partition coefficient (Wildman–Crippen LogP) is 3.79. The van der Waals surface area contributed by atoms with E-state index in [1.54, 1.807) is 6.07 Å². The molecule has 1 unspecified atom stereocenters. The Bertz CT molecular complexity index is 411. The third-order valence-electron chi connectivity index (χ3n) is 3.12. The highest BCUT2D eigenvalue weighted by Gasteiger charge is 2.23. The van der Waals surface area contributed by atoms with E-state index in [2.05, 4.69) is 12.2 Å². The molecule has 0 aliphatic heterocycles. The molecule has 0 bridgehead atoms. The van der Waals surface area contributed by atoms with Gasteiger partial charge >= 0.3 is 0 Å². The molecule has 1 atom stereocenters. The van der Waals surface area contributed by atoms with Crippen LogP contribution in [0.5, 0.6) is 0 Å². The number of halogens is 2. The number of nitrogens with one attached hydrogen (secondary N) is 1. The van der Waals surface area contributed by atoms with Gasteiger partial charge in [-0.2, -0.15) is 0 Å². The van der Waals surface area contributed by atoms with Gasteiger partial charge in [0.2, 0.25) is 0 Å². The average Bonchev–Trinajstić information content (AvgIpc) is 2.47. The Morgan fingerprint density at radius 2 is 1.86 bits per heavy atom. The highest BCUT2D eigenvalue weighted by molar-refractivity contribution is 6.31. The zero-order valence-electron chi connectivity index (χ0n) is 13.0. The fourth-order valence-electron chi connectivity index (χ4n) is 2.15. The number of ether oxygens (including phenoxy) is 2. The van der Waals surface area contributed by atoms with E-state index in [-0.39, 0.29) is 17.4 Å². The van der Waals surface area contributed by atoms with Gasteiger partial charge < -0.3 is 14.8 Å². The van der Waals surface area contributed by atoms with Gasteiger partial charge in [0.1, 0.15) is 5.82 Å². The zero-order valence-corrected chi connectivity index (χ0v) is 13.8. The Morgan fingerprint density at radius 1 is 1.19 bits per heavy atom. The van der Waals surface area contributed by atoms with Crippen LogP contribution in [0.4, 0.5) is 4.39 Å². The first-order valence-corrected chi connectivity index (χ1v) is 7.91. The van der Waals surface area contributed by atoms with Crippen LogP contribution in [0.1, 0.15) is 32.8 Å². The molecule has 0 heterocycles. The highest BCUT2D eigenvalue weighted by Crippen LogP contribution is 2.22. The van der Waals surface area contributed by atoms with E-state index in [1.807, 2.05) is 19.9 Å². The van der Waals surface area contributed by atoms with Gasteiger partial charge in [0.25, 0.3) is 0 Å². The number of hydrogen-bond acceptors (Lipinski definition) is 3. The molecule has 0 aliphatic carbocycles. The molecular weight excluding hydrogens is 293 g/mol. The van der Waals surface area contributed by atoms with Crippen LogP contribution in [0.3, 0.4) is 0 Å². The van der Waals surface area contributed by atoms with Crippen molar-refractivity contribution in [3.63, 3.8) is 0 Å². The van der Waals surface area contributed by atoms with E-state index in [0.717, 1.165) is 18.5 Å². The number of rotatable bonds is 10. The summed E-state index contributed by atoms with van der Waals surface area (Å²) in [4.78, 5) is 0. The fraction of sp³-hybridized carbons (Fsp3) is 0.625. The number of hydrogen-bond donors (Lipinski definition) is 1. The van der Waals surface area contributed by atoms with Gasteiger partial charge in [-0.25, -0.2) is 4.39 Å². The lowest BCUT2D eigenvalue weighted by atomic mass is 10.0. The standard InChI is InChI=1S/C16H25ClFNO2/c1-4-10-19-14(16(20-5-2)21-6-3)11-12-8-7-9-13(18)15(12)17/h7-9,14,16,19H,4-6,10-11H2,1-3H3. The third kappa shape index (κ3) is 5.91. The summed E-state index contributed by atoms with van der Waals surface area (Å²) in [5.74, 6) is -0.396. The van der Waals surface area contributed by atoms with Gasteiger partial charge in [0.05, 0.1) is 11.1 Å². The number of benzene rings is 1. The van der Waals surface area contributed by atoms with Crippen LogP contribution in [-0.2, 0) is 15.9 Å². The van der Waals surface area contributed by atoms with Gasteiger partial charge in [-0.1, -0.05) is 30.7 Å². The molecule has 5 heteroatoms. The Labute approximate surface area is 131 Å². The minimum Gasteiger partial charge on any atom is -0.351 e. The monoisotopic (exact) mass is 317 g/mol. The van der Waals surface area contributed by atoms with Crippen molar-refractivity contribution in [3.05, 3.63) is 34.6 Å². The van der Waals surface area contributed by atoms with E-state index in [4.69, 9.17) is 21.1 Å². The summed E-state index contributed by atoms with van der Waals surface area (Å²) in [7, 11) is 0. The van der Waals surface area contributed by atoms with E-state index in [0.29, 0.717) is 19.6 Å². The zero-order chi connectivity index (χ0) is 15.7. The minimum atomic E-state index is -0.396. The Balaban J connectivity index is 2.87. The van der Waals surface area contributed by atoms with Crippen LogP contribution < -0.4 is 5.32 Å². The second kappa shape index (κ2) is 10.1. The van der Waals surface area contributed by atoms with Crippen LogP contribution in [0.25, 0.3) is 0 Å². The summed E-state index contributed by atoms with van der Waals surface area (Å²) >= 11 is 6.05. The summed E-state index contributed by atoms with van der Waals surface area (Å²) in [6.45, 7) is 7.91. The summed E-state index contributed by atoms with van der Waals surface area (Å²) in [5, 5.41) is 3.58. The topological polar surface area (TPSA) is 30.5 Å². The second-order valence-corrected chi connectivity index (χ2v) is 5.13. The summed E-state index contributed by atoms with van der Waals surface area (Å²) in [6.07, 6.45) is 1.19. The molecule has 0 radical (unpaired) electrons. The molecule has 3 nitrogen and oxygen atoms in total. The molecule has 0 spiro atoms. The van der Waals surface area contributed by atoms with E-state index < -0.39 is 5.82 Å². The Hall–Kier alpha value is -0.680. The first-order valence-electron chi connectivity index (χ1n) is 7.53. The first kappa shape index (κ1) is 18.4. The molecule has 0 amide bonds. The van der Waals surface area contributed by atoms with Crippen LogP contribution in [-0.4, -0.2) is 32.1 Å². The van der Waals surface area contributed by atoms with Crippen molar-refractivity contribution < 1.29 is 13.9 Å². The van der Waals surface area contributed by atoms with Crippen molar-refractivity contribution in [2.24, 2.45) is 0 Å². The van der Waals surface area contributed by atoms with E-state index in [1.165, 1.54) is 6.07 Å². The Kier molecular flexibility index (Phi) is 8.85. The van der Waals surface area contributed by atoms with Crippen LogP contribution in [0.15, 0.2) is 18.2 Å². The van der Waals surface area contributed by atoms with Crippen molar-refractivity contribution in [3.8, 4) is 0 Å². The van der Waals surface area contributed by atoms with E-state index >= 15 is 0 Å². The summed E-state index contributed by atoms with van der Waals surface area (Å²) < 4.78 is 24.9. The lowest BCUT2D eigenvalue weighted by Gasteiger charge is -2.28. The maximum atomic E-state index is 13.6. The van der Waals surface area contributed by atoms with Crippen LogP contribution in [0, 0.1) is 5.82 Å². The maximum absolute atomic E-state index is 13.6. The second-order valence-electron chi connectivity index (χ2n) is 4.76. The predicted molar refractivity (Wildman–Crippen MR) is 84.2 cm³/mol. The van der Waals surface area contributed by atoms with E-state index in [9.17, 15) is 4.39 Å². The average molecular weight is 318 g/mol. The van der Waals surface area contributed by atoms with Crippen LogP contribution >= 0.6 is 11.6 Å². The van der Waals surface area contributed by atoms with Gasteiger partial charge in [-0.05, 0) is 44.9 Å². The van der Waals surface area contributed by atoms with Crippen molar-refractivity contribution >= 4 is 11.6 Å². The molecule has 0 fully saturated rings. The smallest absolute Gasteiger partial charge is 0.172 e. The van der Waals surface area contributed by atoms with Gasteiger partial charge in [-0.3, -0.25) is 0 Å². The lowest BCUT2D eigenvalue weighted by molar-refractivity contribution is -0.153. The largest absolute Gasteiger partial charge is 0.351 e. The maximum Gasteiger partial charge on any atom is 0.172 e. The third-order valence-corrected chi connectivity index (χ3v) is 3.54. The molecule has 1 aromatic carbocycles. The fourth-order valence-corrected chi connectivity index (χ4v) is 2.35. The quantitative estimate of drug-likeness (QED) is 0.666. The van der Waals surface area contributed by atoms with Crippen molar-refractivity contribution in [1.82, 2.24) is 5.32 Å². The SMILES string of the molecule is CCCNC(Cc1cccc(F)c1Cl)C(OCC)OCC. The molecule has 21 heavy (non-hydrogen) atoms. The summed E-state index contributed by atoms with van der Waals surface area (Å²) in [6, 6.07) is 4.80. The van der Waals surface area contributed by atoms with Crippen molar-refractivity contribution in [1.29, 1.82) is 0 Å². The molecule has 0 saturated heterocycles. The van der Waals surface area contributed by atoms with Crippen molar-refractivity contribution in [2.75, 3.05) is 19.8 Å². The van der Waals surface area contributed by atoms with Crippen molar-refractivity contribution in [2.45, 2.75) is 45.9 Å². The molecule has 0 aliphatic rings. The normalized spacial score (nSPS) is 12.9. The molecule has 1 aromatic rings. The first-order chi connectivity index (χ1) is 10.1. The Morgan fingerprint density at radius 3 is 2.43 bits per heavy atom. The molecule has 0 saturated carbocycles. The molecule has 120 valence electrons. The van der Waals surface area contributed by atoms with Gasteiger partial charge in [0.15, 0.2) is 6.29 Å². The minimum absolute atomic E-state index is 0.0656. The van der Waals surface area contributed by atoms with Gasteiger partial charge in [-0.15, -0.1) is 0 Å². The molecule has 1 rings (SSSR count). The molecule has 0 aromatic heterocycles. The molecule has 1 N–H and O–H groups in total. The molecular formula is C16H25ClFNO2. The lowest BCUT2D eigenvalue weighted by Crippen LogP contribution is -2.45. The van der Waals surface area contributed by atoms with Crippen LogP contribution in [0.2, 0.25) is 5.02 Å². The summed E-state index contributed by atoms with van der Waals surface area (Å²) in [5.41, 5.74) is 0.759.